The second kappa shape index (κ2) is 7.54. The molecule has 1 atom stereocenters. The maximum atomic E-state index is 12.3. The van der Waals surface area contributed by atoms with Crippen LogP contribution in [-0.2, 0) is 14.9 Å². The van der Waals surface area contributed by atoms with Crippen molar-refractivity contribution in [1.82, 2.24) is 13.9 Å². The highest BCUT2D eigenvalue weighted by molar-refractivity contribution is 7.86. The average molecular weight is 293 g/mol. The van der Waals surface area contributed by atoms with Crippen molar-refractivity contribution >= 4 is 10.2 Å². The smallest absolute Gasteiger partial charge is 0.281 e. The molecular weight excluding hydrogens is 266 g/mol. The lowest BCUT2D eigenvalue weighted by molar-refractivity contribution is 0.146. The Labute approximate surface area is 117 Å². The molecule has 1 unspecified atom stereocenters. The Hall–Kier alpha value is -0.210. The zero-order chi connectivity index (χ0) is 14.5. The van der Waals surface area contributed by atoms with Crippen LogP contribution in [0.1, 0.15) is 26.2 Å². The van der Waals surface area contributed by atoms with Crippen LogP contribution < -0.4 is 5.32 Å². The first-order chi connectivity index (χ1) is 8.89. The van der Waals surface area contributed by atoms with Gasteiger partial charge in [0.05, 0.1) is 6.61 Å². The van der Waals surface area contributed by atoms with Gasteiger partial charge in [-0.15, -0.1) is 0 Å². The van der Waals surface area contributed by atoms with Gasteiger partial charge in [0.1, 0.15) is 0 Å². The van der Waals surface area contributed by atoms with E-state index in [0.717, 1.165) is 13.0 Å². The number of rotatable bonds is 10. The van der Waals surface area contributed by atoms with Gasteiger partial charge in [0.15, 0.2) is 0 Å². The van der Waals surface area contributed by atoms with Crippen molar-refractivity contribution in [3.05, 3.63) is 0 Å². The van der Waals surface area contributed by atoms with Gasteiger partial charge in [-0.2, -0.15) is 17.0 Å². The monoisotopic (exact) mass is 293 g/mol. The van der Waals surface area contributed by atoms with Crippen molar-refractivity contribution in [2.24, 2.45) is 0 Å². The molecule has 114 valence electrons. The number of nitrogens with zero attached hydrogens (tertiary/aromatic N) is 2. The first-order valence-corrected chi connectivity index (χ1v) is 8.21. The lowest BCUT2D eigenvalue weighted by Crippen LogP contribution is -2.46. The zero-order valence-electron chi connectivity index (χ0n) is 12.4. The van der Waals surface area contributed by atoms with Crippen LogP contribution in [-0.4, -0.2) is 70.0 Å². The molecule has 7 heteroatoms. The van der Waals surface area contributed by atoms with Gasteiger partial charge in [0, 0.05) is 39.8 Å². The fourth-order valence-electron chi connectivity index (χ4n) is 1.80. The van der Waals surface area contributed by atoms with Crippen LogP contribution in [0.25, 0.3) is 0 Å². The number of likely N-dealkylation sites (N-methyl/N-ethyl adjacent to an activating group) is 1. The summed E-state index contributed by atoms with van der Waals surface area (Å²) < 4.78 is 32.3. The van der Waals surface area contributed by atoms with Gasteiger partial charge in [-0.25, -0.2) is 0 Å². The Balaban J connectivity index is 2.35. The molecule has 19 heavy (non-hydrogen) atoms. The highest BCUT2D eigenvalue weighted by Gasteiger charge is 2.27. The van der Waals surface area contributed by atoms with E-state index >= 15 is 0 Å². The average Bonchev–Trinajstić information content (AvgIpc) is 3.17. The minimum Gasteiger partial charge on any atom is -0.383 e. The van der Waals surface area contributed by atoms with Crippen LogP contribution in [0.5, 0.6) is 0 Å². The number of hydrogen-bond acceptors (Lipinski definition) is 4. The Morgan fingerprint density at radius 3 is 2.53 bits per heavy atom. The first-order valence-electron chi connectivity index (χ1n) is 6.81. The minimum absolute atomic E-state index is 0.165. The lowest BCUT2D eigenvalue weighted by Gasteiger charge is -2.28. The van der Waals surface area contributed by atoms with E-state index in [9.17, 15) is 8.42 Å². The quantitative estimate of drug-likeness (QED) is 0.587. The van der Waals surface area contributed by atoms with Crippen molar-refractivity contribution in [3.8, 4) is 0 Å². The van der Waals surface area contributed by atoms with E-state index in [0.29, 0.717) is 19.2 Å². The molecule has 0 amide bonds. The number of hydrogen-bond donors (Lipinski definition) is 1. The lowest BCUT2D eigenvalue weighted by atomic mass is 10.4. The number of ether oxygens (including phenoxy) is 1. The van der Waals surface area contributed by atoms with Crippen LogP contribution >= 0.6 is 0 Å². The molecule has 1 rings (SSSR count). The summed E-state index contributed by atoms with van der Waals surface area (Å²) in [5.74, 6) is 0. The maximum absolute atomic E-state index is 12.3. The summed E-state index contributed by atoms with van der Waals surface area (Å²) in [7, 11) is 1.41. The molecule has 1 fully saturated rings. The summed E-state index contributed by atoms with van der Waals surface area (Å²) in [5.41, 5.74) is 0. The fourth-order valence-corrected chi connectivity index (χ4v) is 3.12. The summed E-state index contributed by atoms with van der Waals surface area (Å²) in [6.45, 7) is 3.64. The largest absolute Gasteiger partial charge is 0.383 e. The molecule has 0 heterocycles. The highest BCUT2D eigenvalue weighted by atomic mass is 32.2. The number of methoxy groups -OCH3 is 1. The van der Waals surface area contributed by atoms with Crippen LogP contribution in [0.2, 0.25) is 0 Å². The Bertz CT molecular complexity index is 357. The fraction of sp³-hybridized carbons (Fsp3) is 1.00. The van der Waals surface area contributed by atoms with E-state index in [1.54, 1.807) is 21.2 Å². The third-order valence-electron chi connectivity index (χ3n) is 3.45. The number of nitrogens with one attached hydrogen (secondary N) is 1. The van der Waals surface area contributed by atoms with E-state index in [1.807, 2.05) is 6.92 Å². The predicted octanol–water partition coefficient (Wildman–Crippen LogP) is 0.272. The zero-order valence-corrected chi connectivity index (χ0v) is 13.2. The molecule has 1 N–H and O–H groups in total. The molecule has 0 saturated heterocycles. The van der Waals surface area contributed by atoms with Crippen LogP contribution in [0.4, 0.5) is 0 Å². The molecule has 0 aromatic rings. The Morgan fingerprint density at radius 2 is 2.00 bits per heavy atom. The van der Waals surface area contributed by atoms with Gasteiger partial charge >= 0.3 is 0 Å². The van der Waals surface area contributed by atoms with Gasteiger partial charge in [0.2, 0.25) is 0 Å². The second-order valence-electron chi connectivity index (χ2n) is 5.23. The standard InChI is InChI=1S/C12H27N3O3S/c1-11(10-18-4)15(3)19(16,17)14(2)9-5-8-13-12-6-7-12/h11-13H,5-10H2,1-4H3. The van der Waals surface area contributed by atoms with Crippen molar-refractivity contribution in [3.63, 3.8) is 0 Å². The summed E-state index contributed by atoms with van der Waals surface area (Å²) in [4.78, 5) is 0. The highest BCUT2D eigenvalue weighted by Crippen LogP contribution is 2.18. The molecule has 0 spiro atoms. The van der Waals surface area contributed by atoms with Crippen molar-refractivity contribution in [1.29, 1.82) is 0 Å². The van der Waals surface area contributed by atoms with Crippen molar-refractivity contribution in [2.45, 2.75) is 38.3 Å². The molecule has 0 radical (unpaired) electrons. The molecule has 1 saturated carbocycles. The van der Waals surface area contributed by atoms with Crippen LogP contribution in [0, 0.1) is 0 Å². The molecule has 6 nitrogen and oxygen atoms in total. The van der Waals surface area contributed by atoms with Gasteiger partial charge in [-0.05, 0) is 32.7 Å². The van der Waals surface area contributed by atoms with Crippen LogP contribution in [0.15, 0.2) is 0 Å². The van der Waals surface area contributed by atoms with E-state index in [2.05, 4.69) is 5.32 Å². The summed E-state index contributed by atoms with van der Waals surface area (Å²) in [6, 6.07) is 0.508. The van der Waals surface area contributed by atoms with Gasteiger partial charge < -0.3 is 10.1 Å². The van der Waals surface area contributed by atoms with Crippen molar-refractivity contribution < 1.29 is 13.2 Å². The molecule has 1 aliphatic rings. The predicted molar refractivity (Wildman–Crippen MR) is 76.3 cm³/mol. The third-order valence-corrected chi connectivity index (χ3v) is 5.50. The van der Waals surface area contributed by atoms with E-state index in [-0.39, 0.29) is 6.04 Å². The third kappa shape index (κ3) is 5.35. The second-order valence-corrected chi connectivity index (χ2v) is 7.33. The van der Waals surface area contributed by atoms with Gasteiger partial charge in [0.25, 0.3) is 10.2 Å². The van der Waals surface area contributed by atoms with E-state index in [1.165, 1.54) is 21.5 Å². The Kier molecular flexibility index (Phi) is 6.68. The molecule has 0 aliphatic heterocycles. The normalized spacial score (nSPS) is 18.2. The van der Waals surface area contributed by atoms with Crippen molar-refractivity contribution in [2.75, 3.05) is 40.9 Å². The minimum atomic E-state index is -3.39. The van der Waals surface area contributed by atoms with Gasteiger partial charge in [-0.3, -0.25) is 0 Å². The summed E-state index contributed by atoms with van der Waals surface area (Å²) >= 11 is 0. The maximum Gasteiger partial charge on any atom is 0.281 e. The molecule has 0 aromatic heterocycles. The van der Waals surface area contributed by atoms with E-state index in [4.69, 9.17) is 4.74 Å². The molecular formula is C12H27N3O3S. The van der Waals surface area contributed by atoms with Crippen LogP contribution in [0.3, 0.4) is 0 Å². The SMILES string of the molecule is COCC(C)N(C)S(=O)(=O)N(C)CCCNC1CC1. The molecule has 0 bridgehead atoms. The summed E-state index contributed by atoms with van der Waals surface area (Å²) in [6.07, 6.45) is 3.34. The van der Waals surface area contributed by atoms with Gasteiger partial charge in [-0.1, -0.05) is 0 Å². The molecule has 1 aliphatic carbocycles. The first kappa shape index (κ1) is 16.8. The summed E-state index contributed by atoms with van der Waals surface area (Å²) in [5, 5.41) is 3.38. The topological polar surface area (TPSA) is 61.9 Å². The molecule has 0 aromatic carbocycles. The Morgan fingerprint density at radius 1 is 1.37 bits per heavy atom. The van der Waals surface area contributed by atoms with E-state index < -0.39 is 10.2 Å².